The van der Waals surface area contributed by atoms with Crippen molar-refractivity contribution in [3.63, 3.8) is 0 Å². The van der Waals surface area contributed by atoms with E-state index in [1.807, 2.05) is 41.8 Å². The summed E-state index contributed by atoms with van der Waals surface area (Å²) in [6, 6.07) is 4.67. The Hall–Kier alpha value is -5.43. The van der Waals surface area contributed by atoms with Gasteiger partial charge in [0.25, 0.3) is 11.8 Å². The number of rotatable bonds is 9. The number of aromatic amines is 1. The van der Waals surface area contributed by atoms with E-state index in [0.29, 0.717) is 54.2 Å². The third-order valence-electron chi connectivity index (χ3n) is 10.9. The lowest BCUT2D eigenvalue weighted by atomic mass is 10.0. The number of carbonyl (C=O) groups is 4. The maximum atomic E-state index is 14.7. The molecule has 4 aliphatic rings. The summed E-state index contributed by atoms with van der Waals surface area (Å²) in [7, 11) is -2.32. The van der Waals surface area contributed by atoms with Crippen LogP contribution in [0.15, 0.2) is 60.4 Å². The van der Waals surface area contributed by atoms with Gasteiger partial charge in [0.15, 0.2) is 0 Å². The molecule has 0 unspecified atom stereocenters. The summed E-state index contributed by atoms with van der Waals surface area (Å²) >= 11 is 1.40. The van der Waals surface area contributed by atoms with Crippen LogP contribution >= 0.6 is 11.3 Å². The summed E-state index contributed by atoms with van der Waals surface area (Å²) in [6.45, 7) is 0.0155. The van der Waals surface area contributed by atoms with Gasteiger partial charge in [0.05, 0.1) is 30.2 Å². The molecule has 2 saturated carbocycles. The first-order chi connectivity index (χ1) is 27.1. The van der Waals surface area contributed by atoms with E-state index in [2.05, 4.69) is 30.5 Å². The van der Waals surface area contributed by atoms with E-state index >= 15 is 0 Å². The Bertz CT molecular complexity index is 2240. The van der Waals surface area contributed by atoms with E-state index in [9.17, 15) is 27.6 Å². The minimum absolute atomic E-state index is 0.0155. The number of amides is 4. The molecule has 56 heavy (non-hydrogen) atoms. The minimum atomic E-state index is -3.90. The van der Waals surface area contributed by atoms with Gasteiger partial charge in [0.1, 0.15) is 39.8 Å². The summed E-state index contributed by atoms with van der Waals surface area (Å²) in [6.07, 6.45) is 12.7. The number of benzene rings is 1. The van der Waals surface area contributed by atoms with Gasteiger partial charge in [0, 0.05) is 42.2 Å². The fourth-order valence-corrected chi connectivity index (χ4v) is 9.46. The number of nitrogens with zero attached hydrogens (tertiary/aromatic N) is 6. The number of ether oxygens (including phenoxy) is 1. The van der Waals surface area contributed by atoms with Crippen molar-refractivity contribution in [2.24, 2.45) is 5.92 Å². The highest BCUT2D eigenvalue weighted by Gasteiger charge is 2.62. The fourth-order valence-electron chi connectivity index (χ4n) is 7.48. The summed E-state index contributed by atoms with van der Waals surface area (Å²) in [5.74, 6) is -2.14. The second kappa shape index (κ2) is 15.2. The number of carbonyl (C=O) groups excluding carboxylic acids is 4. The molecular weight excluding hydrogens is 761 g/mol. The average molecular weight is 803 g/mol. The van der Waals surface area contributed by atoms with Gasteiger partial charge in [-0.2, -0.15) is 15.0 Å². The molecule has 2 aliphatic carbocycles. The molecule has 1 aromatic carbocycles. The molecule has 1 saturated heterocycles. The summed E-state index contributed by atoms with van der Waals surface area (Å²) in [4.78, 5) is 63.7. The van der Waals surface area contributed by atoms with Crippen LogP contribution in [0, 0.1) is 5.92 Å². The zero-order valence-corrected chi connectivity index (χ0v) is 32.2. The molecule has 8 rings (SSSR count). The molecule has 2 aliphatic heterocycles. The Labute approximate surface area is 326 Å². The quantitative estimate of drug-likeness (QED) is 0.180. The zero-order valence-electron chi connectivity index (χ0n) is 30.6. The van der Waals surface area contributed by atoms with Crippen molar-refractivity contribution in [2.75, 3.05) is 13.7 Å². The van der Waals surface area contributed by atoms with Gasteiger partial charge in [-0.05, 0) is 62.8 Å². The van der Waals surface area contributed by atoms with Gasteiger partial charge in [-0.25, -0.2) is 13.4 Å². The van der Waals surface area contributed by atoms with Crippen molar-refractivity contribution >= 4 is 45.0 Å². The number of thiazole rings is 1. The van der Waals surface area contributed by atoms with Gasteiger partial charge in [-0.15, -0.1) is 16.4 Å². The van der Waals surface area contributed by atoms with E-state index in [1.54, 1.807) is 13.3 Å². The van der Waals surface area contributed by atoms with Crippen molar-refractivity contribution in [2.45, 2.75) is 86.7 Å². The Morgan fingerprint density at radius 3 is 2.57 bits per heavy atom. The van der Waals surface area contributed by atoms with Crippen molar-refractivity contribution in [3.05, 3.63) is 66.0 Å². The Balaban J connectivity index is 1.14. The molecule has 19 heteroatoms. The van der Waals surface area contributed by atoms with Crippen LogP contribution in [0.3, 0.4) is 0 Å². The normalized spacial score (nSPS) is 26.2. The molecule has 0 spiro atoms. The topological polar surface area (TPSA) is 223 Å². The number of hydrogen-bond donors (Lipinski definition) is 4. The molecule has 0 bridgehead atoms. The number of methoxy groups -OCH3 is 1. The highest BCUT2D eigenvalue weighted by atomic mass is 32.2. The zero-order chi connectivity index (χ0) is 39.0. The number of sulfonamides is 1. The predicted octanol–water partition coefficient (Wildman–Crippen LogP) is 2.74. The molecule has 4 N–H and O–H groups in total. The molecule has 3 aromatic heterocycles. The lowest BCUT2D eigenvalue weighted by molar-refractivity contribution is -0.141. The first-order valence-electron chi connectivity index (χ1n) is 18.7. The number of H-pyrrole nitrogens is 1. The molecule has 17 nitrogen and oxygen atoms in total. The molecule has 4 amide bonds. The predicted molar refractivity (Wildman–Crippen MR) is 203 cm³/mol. The van der Waals surface area contributed by atoms with Crippen LogP contribution in [-0.2, 0) is 24.4 Å². The molecule has 3 fully saturated rings. The molecule has 5 atom stereocenters. The summed E-state index contributed by atoms with van der Waals surface area (Å²) < 4.78 is 33.4. The molecule has 5 heterocycles. The van der Waals surface area contributed by atoms with Gasteiger partial charge in [-0.3, -0.25) is 29.0 Å². The first-order valence-corrected chi connectivity index (χ1v) is 21.1. The van der Waals surface area contributed by atoms with E-state index in [1.165, 1.54) is 33.4 Å². The second-order valence-electron chi connectivity index (χ2n) is 14.7. The van der Waals surface area contributed by atoms with Crippen LogP contribution in [0.25, 0.3) is 22.0 Å². The van der Waals surface area contributed by atoms with Crippen molar-refractivity contribution in [3.8, 4) is 27.7 Å². The molecular formula is C37H42N10O7S2. The minimum Gasteiger partial charge on any atom is -0.497 e. The maximum absolute atomic E-state index is 14.7. The van der Waals surface area contributed by atoms with Crippen LogP contribution in [0.5, 0.6) is 5.75 Å². The van der Waals surface area contributed by atoms with Gasteiger partial charge < -0.3 is 20.3 Å². The lowest BCUT2D eigenvalue weighted by Crippen LogP contribution is -2.58. The molecule has 4 aromatic rings. The van der Waals surface area contributed by atoms with E-state index < -0.39 is 68.5 Å². The highest BCUT2D eigenvalue weighted by Crippen LogP contribution is 2.46. The van der Waals surface area contributed by atoms with E-state index in [-0.39, 0.29) is 24.9 Å². The van der Waals surface area contributed by atoms with Crippen LogP contribution in [-0.4, -0.2) is 104 Å². The first kappa shape index (κ1) is 37.5. The smallest absolute Gasteiger partial charge is 0.259 e. The summed E-state index contributed by atoms with van der Waals surface area (Å²) in [5.41, 5.74) is 0.570. The average Bonchev–Trinajstić information content (AvgIpc) is 3.74. The van der Waals surface area contributed by atoms with Crippen LogP contribution in [0.1, 0.15) is 74.2 Å². The second-order valence-corrected chi connectivity index (χ2v) is 17.6. The number of allylic oxidation sites excluding steroid dienone is 1. The van der Waals surface area contributed by atoms with Crippen molar-refractivity contribution < 1.29 is 32.3 Å². The number of fused-ring (bicyclic) bond motifs is 2. The van der Waals surface area contributed by atoms with Gasteiger partial charge in [-0.1, -0.05) is 25.0 Å². The third kappa shape index (κ3) is 7.56. The largest absolute Gasteiger partial charge is 0.497 e. The maximum Gasteiger partial charge on any atom is 0.259 e. The van der Waals surface area contributed by atoms with Crippen molar-refractivity contribution in [1.82, 2.24) is 50.4 Å². The highest BCUT2D eigenvalue weighted by molar-refractivity contribution is 7.91. The fraction of sp³-hybridized carbons (Fsp3) is 0.459. The van der Waals surface area contributed by atoms with Crippen LogP contribution < -0.4 is 20.1 Å². The standard InChI is InChI=1S/C37H42N10O7S2/c1-54-26-11-9-22(10-12-26)30-31(34-38-15-16-55-34)44-47(43-30)25-17-29-33(49)42-37(36(51)45-56(52,53)27-13-14-27)18-24(37)7-5-3-2-4-6-8-28(35(50)46(29)21-25)41-32(48)23-19-39-40-20-23/h5,7,9-12,15-16,19-20,24-25,27-29H,2-4,6,8,13-14,17-18,21H2,1H3,(H,39,40)(H,41,48)(H,42,49)(H,45,51)/b7-5+/t24-,25-,28-,29+,37-/m1/s1. The third-order valence-corrected chi connectivity index (χ3v) is 13.5. The van der Waals surface area contributed by atoms with Gasteiger partial charge in [0.2, 0.25) is 21.8 Å². The van der Waals surface area contributed by atoms with Crippen LogP contribution in [0.2, 0.25) is 0 Å². The SMILES string of the molecule is COc1ccc(-c2nn([C@@H]3C[C@H]4C(=O)N[C@]5(C(=O)NS(=O)(=O)C6CC6)C[C@H]5/C=C/CCCCC[C@@H](NC(=O)c5cn[nH]c5)C(=O)N4C3)nc2-c2nccs2)cc1. The number of aromatic nitrogens is 6. The number of hydrogen-bond acceptors (Lipinski definition) is 12. The monoisotopic (exact) mass is 802 g/mol. The van der Waals surface area contributed by atoms with Crippen LogP contribution in [0.4, 0.5) is 0 Å². The summed E-state index contributed by atoms with van der Waals surface area (Å²) in [5, 5.41) is 23.9. The Morgan fingerprint density at radius 2 is 1.86 bits per heavy atom. The Kier molecular flexibility index (Phi) is 10.2. The van der Waals surface area contributed by atoms with Gasteiger partial charge >= 0.3 is 0 Å². The number of nitrogens with one attached hydrogen (secondary N) is 4. The van der Waals surface area contributed by atoms with Crippen molar-refractivity contribution in [1.29, 1.82) is 0 Å². The lowest BCUT2D eigenvalue weighted by Gasteiger charge is -2.30. The van der Waals surface area contributed by atoms with E-state index in [0.717, 1.165) is 18.4 Å². The molecule has 0 radical (unpaired) electrons. The Morgan fingerprint density at radius 1 is 1.05 bits per heavy atom. The van der Waals surface area contributed by atoms with E-state index in [4.69, 9.17) is 14.9 Å². The molecule has 294 valence electrons.